The van der Waals surface area contributed by atoms with Crippen molar-refractivity contribution in [3.05, 3.63) is 40.3 Å². The van der Waals surface area contributed by atoms with Gasteiger partial charge in [0.1, 0.15) is 11.3 Å². The Bertz CT molecular complexity index is 540. The van der Waals surface area contributed by atoms with Gasteiger partial charge >= 0.3 is 0 Å². The van der Waals surface area contributed by atoms with E-state index in [1.807, 2.05) is 6.92 Å². The minimum atomic E-state index is -0.347. The second-order valence-corrected chi connectivity index (χ2v) is 4.32. The normalized spacial score (nSPS) is 11.0. The maximum Gasteiger partial charge on any atom is 0.149 e. The van der Waals surface area contributed by atoms with E-state index < -0.39 is 0 Å². The molecule has 0 aliphatic carbocycles. The van der Waals surface area contributed by atoms with Crippen LogP contribution in [0.4, 0.5) is 4.39 Å². The summed E-state index contributed by atoms with van der Waals surface area (Å²) >= 11 is 11.9. The number of aromatic nitrogens is 1. The van der Waals surface area contributed by atoms with Crippen molar-refractivity contribution in [2.24, 2.45) is 0 Å². The van der Waals surface area contributed by atoms with Crippen LogP contribution in [0.3, 0.4) is 0 Å². The van der Waals surface area contributed by atoms with Gasteiger partial charge in [-0.15, -0.1) is 11.6 Å². The zero-order chi connectivity index (χ0) is 11.7. The summed E-state index contributed by atoms with van der Waals surface area (Å²) in [4.78, 5) is 4.24. The molecule has 0 spiro atoms. The van der Waals surface area contributed by atoms with Crippen LogP contribution < -0.4 is 0 Å². The van der Waals surface area contributed by atoms with E-state index in [2.05, 4.69) is 4.98 Å². The quantitative estimate of drug-likeness (QED) is 0.738. The second-order valence-electron chi connectivity index (χ2n) is 3.56. The van der Waals surface area contributed by atoms with Gasteiger partial charge < -0.3 is 0 Å². The maximum absolute atomic E-state index is 13.5. The van der Waals surface area contributed by atoms with Crippen molar-refractivity contribution in [1.82, 2.24) is 4.98 Å². The zero-order valence-corrected chi connectivity index (χ0v) is 10.2. The number of benzene rings is 1. The van der Waals surface area contributed by atoms with Crippen molar-refractivity contribution in [3.8, 4) is 0 Å². The molecule has 0 aliphatic rings. The predicted molar refractivity (Wildman–Crippen MR) is 65.9 cm³/mol. The highest BCUT2D eigenvalue weighted by atomic mass is 35.5. The summed E-state index contributed by atoms with van der Waals surface area (Å²) in [5, 5.41) is 1.20. The Morgan fingerprint density at radius 3 is 2.81 bits per heavy atom. The molecule has 16 heavy (non-hydrogen) atoms. The number of alkyl halides is 1. The number of nitrogens with zero attached hydrogens (tertiary/aromatic N) is 1. The predicted octanol–water partition coefficient (Wildman–Crippen LogP) is 4.12. The van der Waals surface area contributed by atoms with Crippen molar-refractivity contribution in [1.29, 1.82) is 0 Å². The fourth-order valence-corrected chi connectivity index (χ4v) is 2.32. The van der Waals surface area contributed by atoms with Crippen LogP contribution in [0.25, 0.3) is 10.9 Å². The average molecular weight is 258 g/mol. The molecule has 84 valence electrons. The number of rotatable bonds is 2. The van der Waals surface area contributed by atoms with Gasteiger partial charge in [-0.2, -0.15) is 0 Å². The van der Waals surface area contributed by atoms with Crippen LogP contribution in [0, 0.1) is 12.7 Å². The smallest absolute Gasteiger partial charge is 0.149 e. The molecule has 0 unspecified atom stereocenters. The lowest BCUT2D eigenvalue weighted by Crippen LogP contribution is -1.98. The second kappa shape index (κ2) is 4.56. The zero-order valence-electron chi connectivity index (χ0n) is 8.73. The van der Waals surface area contributed by atoms with E-state index >= 15 is 0 Å². The van der Waals surface area contributed by atoms with Crippen LogP contribution in [0.5, 0.6) is 0 Å². The fourth-order valence-electron chi connectivity index (χ4n) is 1.75. The Hall–Kier alpha value is -0.860. The van der Waals surface area contributed by atoms with Gasteiger partial charge in [-0.05, 0) is 25.0 Å². The largest absolute Gasteiger partial charge is 0.250 e. The highest BCUT2D eigenvalue weighted by Gasteiger charge is 2.12. The first-order valence-electron chi connectivity index (χ1n) is 4.94. The third-order valence-corrected chi connectivity index (χ3v) is 3.17. The molecule has 1 aromatic heterocycles. The molecule has 0 N–H and O–H groups in total. The summed E-state index contributed by atoms with van der Waals surface area (Å²) in [6.07, 6.45) is 0.645. The lowest BCUT2D eigenvalue weighted by Gasteiger charge is -2.09. The highest BCUT2D eigenvalue weighted by Crippen LogP contribution is 2.29. The van der Waals surface area contributed by atoms with E-state index in [0.717, 1.165) is 11.3 Å². The molecule has 1 nitrogen and oxygen atoms in total. The van der Waals surface area contributed by atoms with E-state index in [1.165, 1.54) is 6.07 Å². The van der Waals surface area contributed by atoms with Gasteiger partial charge in [0.15, 0.2) is 0 Å². The van der Waals surface area contributed by atoms with Gasteiger partial charge in [0, 0.05) is 17.0 Å². The molecule has 0 radical (unpaired) electrons. The van der Waals surface area contributed by atoms with Gasteiger partial charge in [0.05, 0.1) is 5.02 Å². The van der Waals surface area contributed by atoms with Crippen LogP contribution in [-0.2, 0) is 6.42 Å². The standard InChI is InChI=1S/C12H10Cl2FN/c1-7-8(5-6-13)11(14)9-3-2-4-10(15)12(9)16-7/h2-4H,5-6H2,1H3. The molecule has 1 heterocycles. The van der Waals surface area contributed by atoms with Crippen molar-refractivity contribution in [2.75, 3.05) is 5.88 Å². The molecule has 2 rings (SSSR count). The molecule has 0 atom stereocenters. The lowest BCUT2D eigenvalue weighted by atomic mass is 10.1. The van der Waals surface area contributed by atoms with Gasteiger partial charge in [0.2, 0.25) is 0 Å². The Labute approximate surface area is 103 Å². The molecular formula is C12H10Cl2FN. The number of pyridine rings is 1. The topological polar surface area (TPSA) is 12.9 Å². The first-order valence-corrected chi connectivity index (χ1v) is 5.85. The summed E-state index contributed by atoms with van der Waals surface area (Å²) in [6.45, 7) is 1.82. The third kappa shape index (κ3) is 1.87. The van der Waals surface area contributed by atoms with E-state index in [1.54, 1.807) is 12.1 Å². The average Bonchev–Trinajstić information content (AvgIpc) is 2.26. The Morgan fingerprint density at radius 2 is 2.12 bits per heavy atom. The molecule has 4 heteroatoms. The summed E-state index contributed by atoms with van der Waals surface area (Å²) in [7, 11) is 0. The first-order chi connectivity index (χ1) is 7.65. The number of para-hydroxylation sites is 1. The van der Waals surface area contributed by atoms with Crippen LogP contribution in [0.15, 0.2) is 18.2 Å². The van der Waals surface area contributed by atoms with Gasteiger partial charge in [-0.25, -0.2) is 9.37 Å². The molecule has 0 fully saturated rings. The molecule has 2 aromatic rings. The fraction of sp³-hybridized carbons (Fsp3) is 0.250. The first kappa shape index (κ1) is 11.6. The number of halogens is 3. The Balaban J connectivity index is 2.78. The summed E-state index contributed by atoms with van der Waals surface area (Å²) in [5.74, 6) is 0.128. The number of aryl methyl sites for hydroxylation is 1. The maximum atomic E-state index is 13.5. The molecular weight excluding hydrogens is 248 g/mol. The van der Waals surface area contributed by atoms with Crippen molar-refractivity contribution < 1.29 is 4.39 Å². The molecule has 1 aromatic carbocycles. The molecule has 0 amide bonds. The number of hydrogen-bond acceptors (Lipinski definition) is 1. The Morgan fingerprint density at radius 1 is 1.38 bits per heavy atom. The van der Waals surface area contributed by atoms with Crippen LogP contribution >= 0.6 is 23.2 Å². The third-order valence-electron chi connectivity index (χ3n) is 2.55. The van der Waals surface area contributed by atoms with Crippen molar-refractivity contribution >= 4 is 34.1 Å². The number of hydrogen-bond donors (Lipinski definition) is 0. The van der Waals surface area contributed by atoms with Gasteiger partial charge in [0.25, 0.3) is 0 Å². The van der Waals surface area contributed by atoms with E-state index in [-0.39, 0.29) is 5.82 Å². The van der Waals surface area contributed by atoms with Gasteiger partial charge in [-0.1, -0.05) is 23.7 Å². The minimum absolute atomic E-state index is 0.323. The van der Waals surface area contributed by atoms with E-state index in [4.69, 9.17) is 23.2 Å². The molecule has 0 saturated heterocycles. The lowest BCUT2D eigenvalue weighted by molar-refractivity contribution is 0.636. The monoisotopic (exact) mass is 257 g/mol. The van der Waals surface area contributed by atoms with E-state index in [9.17, 15) is 4.39 Å². The van der Waals surface area contributed by atoms with Gasteiger partial charge in [-0.3, -0.25) is 0 Å². The summed E-state index contributed by atoms with van der Waals surface area (Å²) in [5.41, 5.74) is 1.96. The van der Waals surface area contributed by atoms with Crippen molar-refractivity contribution in [3.63, 3.8) is 0 Å². The molecule has 0 aliphatic heterocycles. The SMILES string of the molecule is Cc1nc2c(F)cccc2c(Cl)c1CCCl. The summed E-state index contributed by atoms with van der Waals surface area (Å²) in [6, 6.07) is 4.78. The minimum Gasteiger partial charge on any atom is -0.250 e. The molecule has 0 saturated carbocycles. The molecule has 0 bridgehead atoms. The van der Waals surface area contributed by atoms with Crippen LogP contribution in [0.1, 0.15) is 11.3 Å². The van der Waals surface area contributed by atoms with Crippen LogP contribution in [0.2, 0.25) is 5.02 Å². The van der Waals surface area contributed by atoms with E-state index in [0.29, 0.717) is 28.2 Å². The van der Waals surface area contributed by atoms with Crippen LogP contribution in [-0.4, -0.2) is 10.9 Å². The summed E-state index contributed by atoms with van der Waals surface area (Å²) < 4.78 is 13.5. The number of fused-ring (bicyclic) bond motifs is 1. The highest BCUT2D eigenvalue weighted by molar-refractivity contribution is 6.36. The van der Waals surface area contributed by atoms with Crippen molar-refractivity contribution in [2.45, 2.75) is 13.3 Å². The Kier molecular flexibility index (Phi) is 3.31.